The van der Waals surface area contributed by atoms with Crippen LogP contribution in [-0.2, 0) is 16.0 Å². The number of nitrogens with zero attached hydrogens (tertiary/aromatic N) is 3. The van der Waals surface area contributed by atoms with Crippen LogP contribution in [0.5, 0.6) is 6.01 Å². The number of halogens is 3. The summed E-state index contributed by atoms with van der Waals surface area (Å²) in [5.74, 6) is -1.62. The van der Waals surface area contributed by atoms with Gasteiger partial charge < -0.3 is 19.9 Å². The van der Waals surface area contributed by atoms with Crippen molar-refractivity contribution in [1.82, 2.24) is 15.0 Å². The van der Waals surface area contributed by atoms with E-state index in [-0.39, 0.29) is 30.4 Å². The standard InChI is InChI=1S/C19H19F3N4O5/c1-2-30-15(29)18(7-8-18)26-16-23-13(24-17(25-16)31-10-19(20,21)22)9-11-3-5-12(6-4-11)14(27)28/h3-6H,2,7-10H2,1H3,(H,27,28)(H,23,24,25,26). The molecule has 0 amide bonds. The lowest BCUT2D eigenvalue weighted by Crippen LogP contribution is -2.34. The van der Waals surface area contributed by atoms with Gasteiger partial charge in [-0.3, -0.25) is 0 Å². The molecule has 0 atom stereocenters. The van der Waals surface area contributed by atoms with Crippen LogP contribution in [0.1, 0.15) is 41.5 Å². The van der Waals surface area contributed by atoms with Crippen molar-refractivity contribution in [3.63, 3.8) is 0 Å². The third-order valence-corrected chi connectivity index (χ3v) is 4.36. The van der Waals surface area contributed by atoms with E-state index in [0.29, 0.717) is 18.4 Å². The number of benzene rings is 1. The number of hydrogen-bond donors (Lipinski definition) is 2. The van der Waals surface area contributed by atoms with Crippen LogP contribution in [0.3, 0.4) is 0 Å². The van der Waals surface area contributed by atoms with Gasteiger partial charge >= 0.3 is 24.1 Å². The first-order valence-electron chi connectivity index (χ1n) is 9.32. The predicted octanol–water partition coefficient (Wildman–Crippen LogP) is 2.61. The van der Waals surface area contributed by atoms with Crippen molar-refractivity contribution in [1.29, 1.82) is 0 Å². The molecular weight excluding hydrogens is 421 g/mol. The Morgan fingerprint density at radius 1 is 1.16 bits per heavy atom. The topological polar surface area (TPSA) is 124 Å². The quantitative estimate of drug-likeness (QED) is 0.566. The van der Waals surface area contributed by atoms with Gasteiger partial charge in [0.05, 0.1) is 12.2 Å². The number of aromatic carboxylic acids is 1. The molecule has 1 heterocycles. The molecule has 1 saturated carbocycles. The second kappa shape index (κ2) is 8.74. The van der Waals surface area contributed by atoms with Gasteiger partial charge in [-0.15, -0.1) is 0 Å². The van der Waals surface area contributed by atoms with Crippen LogP contribution < -0.4 is 10.1 Å². The first kappa shape index (κ1) is 22.2. The molecule has 1 aliphatic rings. The Labute approximate surface area is 174 Å². The van der Waals surface area contributed by atoms with E-state index in [4.69, 9.17) is 9.84 Å². The number of carbonyl (C=O) groups excluding carboxylic acids is 1. The number of carboxylic acid groups (broad SMARTS) is 1. The number of esters is 1. The maximum atomic E-state index is 12.5. The van der Waals surface area contributed by atoms with Gasteiger partial charge in [0.15, 0.2) is 6.61 Å². The van der Waals surface area contributed by atoms with Crippen molar-refractivity contribution in [2.24, 2.45) is 0 Å². The summed E-state index contributed by atoms with van der Waals surface area (Å²) < 4.78 is 47.3. The molecule has 0 bridgehead atoms. The highest BCUT2D eigenvalue weighted by Crippen LogP contribution is 2.39. The second-order valence-corrected chi connectivity index (χ2v) is 6.87. The summed E-state index contributed by atoms with van der Waals surface area (Å²) in [5.41, 5.74) is -0.324. The summed E-state index contributed by atoms with van der Waals surface area (Å²) in [4.78, 5) is 35.0. The average molecular weight is 440 g/mol. The summed E-state index contributed by atoms with van der Waals surface area (Å²) in [6.45, 7) is 0.247. The molecule has 12 heteroatoms. The third kappa shape index (κ3) is 6.03. The normalized spacial score (nSPS) is 14.6. The Balaban J connectivity index is 1.84. The fourth-order valence-corrected chi connectivity index (χ4v) is 2.68. The molecule has 1 aliphatic carbocycles. The molecule has 1 aromatic carbocycles. The Morgan fingerprint density at radius 3 is 2.39 bits per heavy atom. The molecule has 1 aromatic heterocycles. The van der Waals surface area contributed by atoms with Gasteiger partial charge in [0.2, 0.25) is 5.95 Å². The first-order chi connectivity index (χ1) is 14.6. The lowest BCUT2D eigenvalue weighted by Gasteiger charge is -2.17. The van der Waals surface area contributed by atoms with E-state index in [1.165, 1.54) is 24.3 Å². The van der Waals surface area contributed by atoms with Crippen LogP contribution in [0.15, 0.2) is 24.3 Å². The lowest BCUT2D eigenvalue weighted by atomic mass is 10.1. The van der Waals surface area contributed by atoms with E-state index < -0.39 is 36.3 Å². The first-order valence-corrected chi connectivity index (χ1v) is 9.32. The molecule has 2 N–H and O–H groups in total. The summed E-state index contributed by atoms with van der Waals surface area (Å²) in [5, 5.41) is 11.8. The van der Waals surface area contributed by atoms with Gasteiger partial charge in [0, 0.05) is 6.42 Å². The molecule has 0 spiro atoms. The van der Waals surface area contributed by atoms with Gasteiger partial charge in [-0.1, -0.05) is 12.1 Å². The van der Waals surface area contributed by atoms with E-state index in [9.17, 15) is 22.8 Å². The predicted molar refractivity (Wildman–Crippen MR) is 99.8 cm³/mol. The van der Waals surface area contributed by atoms with Gasteiger partial charge in [-0.25, -0.2) is 9.59 Å². The van der Waals surface area contributed by atoms with Gasteiger partial charge in [-0.05, 0) is 37.5 Å². The largest absolute Gasteiger partial charge is 0.478 e. The molecule has 9 nitrogen and oxygen atoms in total. The monoisotopic (exact) mass is 440 g/mol. The molecule has 0 saturated heterocycles. The van der Waals surface area contributed by atoms with Crippen LogP contribution in [0.25, 0.3) is 0 Å². The highest BCUT2D eigenvalue weighted by molar-refractivity contribution is 5.88. The van der Waals surface area contributed by atoms with Crippen molar-refractivity contribution in [3.8, 4) is 6.01 Å². The van der Waals surface area contributed by atoms with Crippen molar-refractivity contribution in [3.05, 3.63) is 41.2 Å². The molecule has 166 valence electrons. The molecular formula is C19H19F3N4O5. The second-order valence-electron chi connectivity index (χ2n) is 6.87. The van der Waals surface area contributed by atoms with Crippen LogP contribution in [0, 0.1) is 0 Å². The number of carboxylic acids is 1. The summed E-state index contributed by atoms with van der Waals surface area (Å²) in [6.07, 6.45) is -3.59. The van der Waals surface area contributed by atoms with Crippen LogP contribution in [-0.4, -0.2) is 56.9 Å². The van der Waals surface area contributed by atoms with Crippen LogP contribution >= 0.6 is 0 Å². The van der Waals surface area contributed by atoms with Gasteiger partial charge in [0.25, 0.3) is 0 Å². The number of hydrogen-bond acceptors (Lipinski definition) is 8. The summed E-state index contributed by atoms with van der Waals surface area (Å²) in [7, 11) is 0. The minimum Gasteiger partial charge on any atom is -0.478 e. The smallest absolute Gasteiger partial charge is 0.422 e. The number of carbonyl (C=O) groups is 2. The highest BCUT2D eigenvalue weighted by Gasteiger charge is 2.52. The Hall–Kier alpha value is -3.44. The highest BCUT2D eigenvalue weighted by atomic mass is 19.4. The Morgan fingerprint density at radius 2 is 1.84 bits per heavy atom. The number of ether oxygens (including phenoxy) is 2. The van der Waals surface area contributed by atoms with E-state index in [2.05, 4.69) is 25.0 Å². The van der Waals surface area contributed by atoms with E-state index in [1.54, 1.807) is 6.92 Å². The zero-order valence-corrected chi connectivity index (χ0v) is 16.4. The maximum absolute atomic E-state index is 12.5. The average Bonchev–Trinajstić information content (AvgIpc) is 3.47. The van der Waals surface area contributed by atoms with E-state index >= 15 is 0 Å². The van der Waals surface area contributed by atoms with E-state index in [1.807, 2.05) is 0 Å². The Kier molecular flexibility index (Phi) is 6.27. The molecule has 0 unspecified atom stereocenters. The minimum atomic E-state index is -4.59. The van der Waals surface area contributed by atoms with Crippen LogP contribution in [0.4, 0.5) is 19.1 Å². The van der Waals surface area contributed by atoms with E-state index in [0.717, 1.165) is 0 Å². The summed E-state index contributed by atoms with van der Waals surface area (Å²) >= 11 is 0. The molecule has 0 aliphatic heterocycles. The molecule has 2 aromatic rings. The molecule has 31 heavy (non-hydrogen) atoms. The third-order valence-electron chi connectivity index (χ3n) is 4.36. The van der Waals surface area contributed by atoms with Crippen molar-refractivity contribution in [2.45, 2.75) is 37.9 Å². The number of alkyl halides is 3. The van der Waals surface area contributed by atoms with Crippen molar-refractivity contribution >= 4 is 17.9 Å². The minimum absolute atomic E-state index is 0.0753. The molecule has 1 fully saturated rings. The van der Waals surface area contributed by atoms with Crippen LogP contribution in [0.2, 0.25) is 0 Å². The lowest BCUT2D eigenvalue weighted by molar-refractivity contribution is -0.154. The number of aromatic nitrogens is 3. The number of rotatable bonds is 9. The fourth-order valence-electron chi connectivity index (χ4n) is 2.68. The van der Waals surface area contributed by atoms with Gasteiger partial charge in [-0.2, -0.15) is 28.1 Å². The van der Waals surface area contributed by atoms with Crippen molar-refractivity contribution in [2.75, 3.05) is 18.5 Å². The maximum Gasteiger partial charge on any atom is 0.422 e. The SMILES string of the molecule is CCOC(=O)C1(Nc2nc(Cc3ccc(C(=O)O)cc3)nc(OCC(F)(F)F)n2)CC1. The number of anilines is 1. The van der Waals surface area contributed by atoms with Crippen molar-refractivity contribution < 1.29 is 37.3 Å². The summed E-state index contributed by atoms with van der Waals surface area (Å²) in [6, 6.07) is 5.30. The zero-order chi connectivity index (χ0) is 22.6. The zero-order valence-electron chi connectivity index (χ0n) is 16.4. The van der Waals surface area contributed by atoms with Gasteiger partial charge in [0.1, 0.15) is 11.4 Å². The fraction of sp³-hybridized carbons (Fsp3) is 0.421. The molecule has 3 rings (SSSR count). The molecule has 0 radical (unpaired) electrons. The Bertz CT molecular complexity index is 962. The number of nitrogens with one attached hydrogen (secondary N) is 1.